The number of anilines is 3. The van der Waals surface area contributed by atoms with Gasteiger partial charge in [-0.2, -0.15) is 10.4 Å². The fourth-order valence-corrected chi connectivity index (χ4v) is 6.78. The van der Waals surface area contributed by atoms with Crippen molar-refractivity contribution in [3.05, 3.63) is 58.5 Å². The first-order chi connectivity index (χ1) is 20.4. The first-order valence-corrected chi connectivity index (χ1v) is 15.2. The largest absolute Gasteiger partial charge is 0.381 e. The van der Waals surface area contributed by atoms with Gasteiger partial charge in [-0.3, -0.25) is 4.79 Å². The van der Waals surface area contributed by atoms with Crippen molar-refractivity contribution in [2.75, 3.05) is 56.2 Å². The van der Waals surface area contributed by atoms with E-state index < -0.39 is 0 Å². The smallest absolute Gasteiger partial charge is 0.225 e. The van der Waals surface area contributed by atoms with Gasteiger partial charge < -0.3 is 19.4 Å². The molecule has 0 unspecified atom stereocenters. The van der Waals surface area contributed by atoms with E-state index in [0.29, 0.717) is 47.6 Å². The summed E-state index contributed by atoms with van der Waals surface area (Å²) in [6.45, 7) is 8.42. The van der Waals surface area contributed by atoms with Crippen LogP contribution in [0, 0.1) is 30.0 Å². The van der Waals surface area contributed by atoms with Gasteiger partial charge in [0.15, 0.2) is 5.13 Å². The van der Waals surface area contributed by atoms with Crippen molar-refractivity contribution in [1.82, 2.24) is 19.5 Å². The molecule has 0 N–H and O–H groups in total. The van der Waals surface area contributed by atoms with Crippen LogP contribution in [0.15, 0.2) is 36.4 Å². The van der Waals surface area contributed by atoms with Gasteiger partial charge >= 0.3 is 0 Å². The number of hydrogen-bond acceptors (Lipinski definition) is 8. The third-order valence-electron chi connectivity index (χ3n) is 8.26. The lowest BCUT2D eigenvalue weighted by Crippen LogP contribution is -2.51. The minimum absolute atomic E-state index is 0.0808. The molecule has 2 aliphatic heterocycles. The molecule has 2 saturated heterocycles. The first-order valence-electron chi connectivity index (χ1n) is 14.4. The van der Waals surface area contributed by atoms with Crippen LogP contribution >= 0.6 is 11.3 Å². The molecule has 2 aliphatic rings. The van der Waals surface area contributed by atoms with Crippen LogP contribution < -0.4 is 9.80 Å². The number of carbonyl (C=O) groups is 1. The summed E-state index contributed by atoms with van der Waals surface area (Å²) in [6.07, 6.45) is 2.35. The summed E-state index contributed by atoms with van der Waals surface area (Å²) in [5.41, 5.74) is 6.19. The summed E-state index contributed by atoms with van der Waals surface area (Å²) >= 11 is 1.31. The number of ether oxygens (including phenoxy) is 1. The number of aromatic nitrogens is 3. The van der Waals surface area contributed by atoms with E-state index in [-0.39, 0.29) is 17.6 Å². The number of halogens is 1. The van der Waals surface area contributed by atoms with E-state index >= 15 is 0 Å². The maximum Gasteiger partial charge on any atom is 0.225 e. The second kappa shape index (κ2) is 11.7. The van der Waals surface area contributed by atoms with Gasteiger partial charge in [-0.25, -0.2) is 13.9 Å². The lowest BCUT2D eigenvalue weighted by atomic mass is 9.98. The van der Waals surface area contributed by atoms with Gasteiger partial charge in [-0.1, -0.05) is 18.3 Å². The van der Waals surface area contributed by atoms with Crippen LogP contribution in [-0.2, 0) is 16.0 Å². The lowest BCUT2D eigenvalue weighted by molar-refractivity contribution is -0.138. The van der Waals surface area contributed by atoms with E-state index in [1.54, 1.807) is 12.1 Å². The van der Waals surface area contributed by atoms with Crippen molar-refractivity contribution in [1.29, 1.82) is 5.26 Å². The second-order valence-corrected chi connectivity index (χ2v) is 11.8. The highest BCUT2D eigenvalue weighted by molar-refractivity contribution is 7.16. The predicted octanol–water partition coefficient (Wildman–Crippen LogP) is 5.18. The van der Waals surface area contributed by atoms with E-state index in [1.165, 1.54) is 23.5 Å². The number of rotatable bonds is 6. The van der Waals surface area contributed by atoms with Crippen molar-refractivity contribution in [2.24, 2.45) is 5.92 Å². The highest BCUT2D eigenvalue weighted by atomic mass is 32.1. The Labute approximate surface area is 248 Å². The number of amides is 1. The topological polar surface area (TPSA) is 90.0 Å². The van der Waals surface area contributed by atoms with Gasteiger partial charge in [-0.05, 0) is 62.6 Å². The summed E-state index contributed by atoms with van der Waals surface area (Å²) in [7, 11) is 1.95. The van der Waals surface area contributed by atoms with Crippen molar-refractivity contribution in [2.45, 2.75) is 33.1 Å². The Morgan fingerprint density at radius 2 is 1.88 bits per heavy atom. The van der Waals surface area contributed by atoms with Crippen LogP contribution in [0.5, 0.6) is 0 Å². The van der Waals surface area contributed by atoms with Gasteiger partial charge in [0.25, 0.3) is 0 Å². The molecule has 0 bridgehead atoms. The molecular weight excluding hydrogens is 553 g/mol. The molecule has 1 aromatic carbocycles. The fourth-order valence-electron chi connectivity index (χ4n) is 5.93. The van der Waals surface area contributed by atoms with E-state index in [2.05, 4.69) is 36.9 Å². The molecule has 0 spiro atoms. The Bertz CT molecular complexity index is 1640. The molecule has 0 atom stereocenters. The van der Waals surface area contributed by atoms with Crippen LogP contribution in [0.2, 0.25) is 0 Å². The SMILES string of the molecule is CCc1nn2c(C)cc(N3CCN(C(=O)C4CCOCC4)CC3)cc2c1N(C)c1nc(-c2ccc(F)cc2)c(C#N)s1. The number of aryl methyl sites for hydroxylation is 2. The number of carbonyl (C=O) groups excluding carboxylic acids is 1. The van der Waals surface area contributed by atoms with E-state index in [1.807, 2.05) is 21.4 Å². The molecule has 218 valence electrons. The Morgan fingerprint density at radius 3 is 2.55 bits per heavy atom. The normalized spacial score (nSPS) is 16.2. The highest BCUT2D eigenvalue weighted by Crippen LogP contribution is 2.39. The number of piperazine rings is 1. The lowest BCUT2D eigenvalue weighted by Gasteiger charge is -2.38. The highest BCUT2D eigenvalue weighted by Gasteiger charge is 2.30. The van der Waals surface area contributed by atoms with Crippen LogP contribution in [-0.4, -0.2) is 71.8 Å². The summed E-state index contributed by atoms with van der Waals surface area (Å²) in [5, 5.41) is 15.4. The average molecular weight is 588 g/mol. The maximum absolute atomic E-state index is 13.5. The summed E-state index contributed by atoms with van der Waals surface area (Å²) in [5.74, 6) is 0.0107. The van der Waals surface area contributed by atoms with Gasteiger partial charge in [0.05, 0.1) is 16.9 Å². The second-order valence-electron chi connectivity index (χ2n) is 10.9. The number of fused-ring (bicyclic) bond motifs is 1. The number of pyridine rings is 1. The van der Waals surface area contributed by atoms with Crippen LogP contribution in [0.4, 0.5) is 20.9 Å². The quantitative estimate of drug-likeness (QED) is 0.307. The van der Waals surface area contributed by atoms with E-state index in [0.717, 1.165) is 60.6 Å². The zero-order valence-electron chi connectivity index (χ0n) is 24.1. The zero-order valence-corrected chi connectivity index (χ0v) is 25.0. The average Bonchev–Trinajstić information content (AvgIpc) is 3.63. The van der Waals surface area contributed by atoms with E-state index in [9.17, 15) is 14.4 Å². The van der Waals surface area contributed by atoms with Crippen molar-refractivity contribution in [3.8, 4) is 17.3 Å². The van der Waals surface area contributed by atoms with Crippen LogP contribution in [0.1, 0.15) is 36.0 Å². The van der Waals surface area contributed by atoms with Crippen LogP contribution in [0.25, 0.3) is 16.8 Å². The van der Waals surface area contributed by atoms with Crippen molar-refractivity contribution >= 4 is 39.3 Å². The molecule has 9 nitrogen and oxygen atoms in total. The van der Waals surface area contributed by atoms with Gasteiger partial charge in [-0.15, -0.1) is 0 Å². The summed E-state index contributed by atoms with van der Waals surface area (Å²) < 4.78 is 21.0. The van der Waals surface area contributed by atoms with E-state index in [4.69, 9.17) is 14.8 Å². The van der Waals surface area contributed by atoms with Gasteiger partial charge in [0, 0.05) is 69.3 Å². The molecule has 6 rings (SSSR count). The third kappa shape index (κ3) is 5.21. The standard InChI is InChI=1S/C31H34FN7O2S/c1-4-25-29(36(3)31-34-28(27(19-33)42-31)21-5-7-23(32)8-6-21)26-18-24(17-20(2)39(26)35-25)37-11-13-38(14-12-37)30(40)22-9-15-41-16-10-22/h5-8,17-18,22H,4,9-16H2,1-3H3. The Morgan fingerprint density at radius 1 is 1.17 bits per heavy atom. The van der Waals surface area contributed by atoms with Gasteiger partial charge in [0.2, 0.25) is 5.91 Å². The Hall–Kier alpha value is -4.01. The molecule has 2 fully saturated rings. The number of nitriles is 1. The minimum atomic E-state index is -0.331. The van der Waals surface area contributed by atoms with Crippen LogP contribution in [0.3, 0.4) is 0 Å². The number of hydrogen-bond donors (Lipinski definition) is 0. The molecule has 5 heterocycles. The predicted molar refractivity (Wildman–Crippen MR) is 162 cm³/mol. The summed E-state index contributed by atoms with van der Waals surface area (Å²) in [6, 6.07) is 12.6. The van der Waals surface area contributed by atoms with Crippen molar-refractivity contribution in [3.63, 3.8) is 0 Å². The Kier molecular flexibility index (Phi) is 7.84. The molecular formula is C31H34FN7O2S. The number of benzene rings is 1. The van der Waals surface area contributed by atoms with Crippen molar-refractivity contribution < 1.29 is 13.9 Å². The molecule has 3 aromatic heterocycles. The monoisotopic (exact) mass is 587 g/mol. The minimum Gasteiger partial charge on any atom is -0.381 e. The molecule has 1 amide bonds. The van der Waals surface area contributed by atoms with Gasteiger partial charge in [0.1, 0.15) is 22.5 Å². The third-order valence-corrected chi connectivity index (χ3v) is 9.30. The zero-order chi connectivity index (χ0) is 29.4. The molecule has 11 heteroatoms. The molecule has 42 heavy (non-hydrogen) atoms. The molecule has 0 radical (unpaired) electrons. The molecule has 0 saturated carbocycles. The first kappa shape index (κ1) is 28.1. The molecule has 0 aliphatic carbocycles. The molecule has 4 aromatic rings. The Balaban J connectivity index is 1.29. The number of thiazole rings is 1. The summed E-state index contributed by atoms with van der Waals surface area (Å²) in [4.78, 5) is 24.7. The maximum atomic E-state index is 13.5. The number of nitrogens with zero attached hydrogens (tertiary/aromatic N) is 7. The fraction of sp³-hybridized carbons (Fsp3) is 0.419.